The van der Waals surface area contributed by atoms with Gasteiger partial charge in [-0.05, 0) is 74.4 Å². The van der Waals surface area contributed by atoms with Crippen molar-refractivity contribution < 1.29 is 9.59 Å². The number of carbonyl (C=O) groups excluding carboxylic acids is 2. The van der Waals surface area contributed by atoms with Gasteiger partial charge in [-0.3, -0.25) is 9.59 Å². The predicted molar refractivity (Wildman–Crippen MR) is 122 cm³/mol. The highest BCUT2D eigenvalue weighted by Gasteiger charge is 2.36. The summed E-state index contributed by atoms with van der Waals surface area (Å²) in [6.07, 6.45) is 4.50. The molecule has 1 aromatic heterocycles. The third-order valence-corrected chi connectivity index (χ3v) is 8.33. The number of piperidine rings is 3. The van der Waals surface area contributed by atoms with Crippen molar-refractivity contribution in [3.8, 4) is 0 Å². The molecular weight excluding hydrogens is 410 g/mol. The monoisotopic (exact) mass is 439 g/mol. The van der Waals surface area contributed by atoms with Crippen LogP contribution in [0.5, 0.6) is 0 Å². The number of anilines is 1. The molecule has 5 aliphatic rings. The number of carbonyl (C=O) groups is 2. The van der Waals surface area contributed by atoms with E-state index < -0.39 is 0 Å². The number of nitrogens with one attached hydrogen (secondary N) is 1. The minimum Gasteiger partial charge on any atom is -0.368 e. The number of nitrogens with zero attached hydrogens (tertiary/aromatic N) is 4. The maximum Gasteiger partial charge on any atom is 0.271 e. The maximum absolute atomic E-state index is 13.0. The van der Waals surface area contributed by atoms with Crippen LogP contribution in [-0.2, 0) is 4.79 Å². The smallest absolute Gasteiger partial charge is 0.271 e. The van der Waals surface area contributed by atoms with Crippen molar-refractivity contribution in [1.82, 2.24) is 19.5 Å². The van der Waals surface area contributed by atoms with Crippen LogP contribution >= 0.6 is 11.5 Å². The molecule has 1 aromatic carbocycles. The molecule has 4 aliphatic heterocycles. The Bertz CT molecular complexity index is 1000. The minimum absolute atomic E-state index is 0.0371. The summed E-state index contributed by atoms with van der Waals surface area (Å²) in [6.45, 7) is 6.61. The predicted octanol–water partition coefficient (Wildman–Crippen LogP) is 2.18. The van der Waals surface area contributed by atoms with Gasteiger partial charge in [-0.1, -0.05) is 0 Å². The van der Waals surface area contributed by atoms with E-state index in [1.165, 1.54) is 37.5 Å². The van der Waals surface area contributed by atoms with Gasteiger partial charge in [-0.15, -0.1) is 0 Å². The van der Waals surface area contributed by atoms with Crippen molar-refractivity contribution in [2.45, 2.75) is 31.7 Å². The number of aromatic nitrogens is 1. The molecule has 0 unspecified atom stereocenters. The van der Waals surface area contributed by atoms with E-state index in [9.17, 15) is 9.59 Å². The van der Waals surface area contributed by atoms with Crippen LogP contribution in [0.4, 0.5) is 5.69 Å². The first-order valence-corrected chi connectivity index (χ1v) is 12.4. The van der Waals surface area contributed by atoms with Crippen LogP contribution in [-0.4, -0.2) is 77.8 Å². The fraction of sp³-hybridized carbons (Fsp3) is 0.609. The summed E-state index contributed by atoms with van der Waals surface area (Å²) in [4.78, 5) is 32.1. The van der Waals surface area contributed by atoms with Crippen molar-refractivity contribution in [1.29, 1.82) is 0 Å². The van der Waals surface area contributed by atoms with Gasteiger partial charge < -0.3 is 20.0 Å². The molecule has 0 radical (unpaired) electrons. The lowest BCUT2D eigenvalue weighted by molar-refractivity contribution is -0.132. The van der Waals surface area contributed by atoms with E-state index >= 15 is 0 Å². The van der Waals surface area contributed by atoms with E-state index in [-0.39, 0.29) is 11.9 Å². The van der Waals surface area contributed by atoms with Gasteiger partial charge in [0.1, 0.15) is 5.69 Å². The molecule has 7 nitrogen and oxygen atoms in total. The first kappa shape index (κ1) is 19.5. The lowest BCUT2D eigenvalue weighted by Gasteiger charge is -2.44. The highest BCUT2D eigenvalue weighted by molar-refractivity contribution is 7.13. The van der Waals surface area contributed by atoms with E-state index in [1.54, 1.807) is 0 Å². The summed E-state index contributed by atoms with van der Waals surface area (Å²) in [5, 5.41) is 4.21. The number of fused-ring (bicyclic) bond motifs is 4. The molecule has 4 saturated heterocycles. The Morgan fingerprint density at radius 2 is 1.77 bits per heavy atom. The van der Waals surface area contributed by atoms with Crippen LogP contribution in [0.15, 0.2) is 18.2 Å². The number of amides is 2. The van der Waals surface area contributed by atoms with Crippen LogP contribution < -0.4 is 10.2 Å². The van der Waals surface area contributed by atoms with Crippen LogP contribution in [0.2, 0.25) is 0 Å². The van der Waals surface area contributed by atoms with Crippen LogP contribution in [0.25, 0.3) is 10.1 Å². The second-order valence-electron chi connectivity index (χ2n) is 9.52. The quantitative estimate of drug-likeness (QED) is 0.791. The molecule has 2 bridgehead atoms. The summed E-state index contributed by atoms with van der Waals surface area (Å²) >= 11 is 1.40. The summed E-state index contributed by atoms with van der Waals surface area (Å²) in [6, 6.07) is 6.54. The van der Waals surface area contributed by atoms with Crippen molar-refractivity contribution in [2.24, 2.45) is 11.8 Å². The Labute approximate surface area is 186 Å². The first-order chi connectivity index (χ1) is 15.2. The zero-order valence-corrected chi connectivity index (χ0v) is 18.6. The molecule has 1 aliphatic carbocycles. The Kier molecular flexibility index (Phi) is 4.87. The number of hydrogen-bond donors (Lipinski definition) is 1. The molecule has 5 fully saturated rings. The standard InChI is InChI=1S/C23H29N5O2S/c29-22(24-19-14-26-7-5-15(19)6-8-26)21-18-4-3-17(13-20(18)31-25-21)27-9-11-28(12-10-27)23(30)16-1-2-16/h3-4,13,15-16,19H,1-2,5-12,14H2,(H,24,29)/t19-/m0/s1. The molecule has 5 heterocycles. The Morgan fingerprint density at radius 3 is 2.45 bits per heavy atom. The third-order valence-electron chi connectivity index (χ3n) is 7.53. The lowest BCUT2D eigenvalue weighted by Crippen LogP contribution is -2.57. The molecule has 1 N–H and O–H groups in total. The molecule has 1 atom stereocenters. The number of benzene rings is 1. The van der Waals surface area contributed by atoms with Gasteiger partial charge in [0.15, 0.2) is 0 Å². The number of rotatable bonds is 4. The molecule has 2 amide bonds. The second-order valence-corrected chi connectivity index (χ2v) is 10.3. The van der Waals surface area contributed by atoms with Crippen LogP contribution in [0, 0.1) is 11.8 Å². The lowest BCUT2D eigenvalue weighted by atomic mass is 9.84. The van der Waals surface area contributed by atoms with Gasteiger partial charge in [0, 0.05) is 55.8 Å². The summed E-state index contributed by atoms with van der Waals surface area (Å²) < 4.78 is 5.56. The van der Waals surface area contributed by atoms with Gasteiger partial charge in [-0.2, -0.15) is 4.37 Å². The fourth-order valence-electron chi connectivity index (χ4n) is 5.43. The zero-order valence-electron chi connectivity index (χ0n) is 17.8. The zero-order chi connectivity index (χ0) is 20.9. The van der Waals surface area contributed by atoms with Crippen molar-refractivity contribution in [2.75, 3.05) is 50.7 Å². The molecule has 0 spiro atoms. The highest BCUT2D eigenvalue weighted by Crippen LogP contribution is 2.33. The average Bonchev–Trinajstić information content (AvgIpc) is 3.58. The molecule has 8 heteroatoms. The van der Waals surface area contributed by atoms with Gasteiger partial charge >= 0.3 is 0 Å². The molecule has 164 valence electrons. The highest BCUT2D eigenvalue weighted by atomic mass is 32.1. The minimum atomic E-state index is -0.0371. The number of piperazine rings is 1. The van der Waals surface area contributed by atoms with Gasteiger partial charge in [-0.25, -0.2) is 0 Å². The number of hydrogen-bond acceptors (Lipinski definition) is 6. The van der Waals surface area contributed by atoms with Crippen LogP contribution in [0.1, 0.15) is 36.2 Å². The summed E-state index contributed by atoms with van der Waals surface area (Å²) in [5.41, 5.74) is 1.71. The largest absolute Gasteiger partial charge is 0.368 e. The van der Waals surface area contributed by atoms with E-state index in [4.69, 9.17) is 0 Å². The topological polar surface area (TPSA) is 68.8 Å². The van der Waals surface area contributed by atoms with Crippen LogP contribution in [0.3, 0.4) is 0 Å². The first-order valence-electron chi connectivity index (χ1n) is 11.6. The molecular formula is C23H29N5O2S. The van der Waals surface area contributed by atoms with Crippen molar-refractivity contribution in [3.63, 3.8) is 0 Å². The Morgan fingerprint density at radius 1 is 1.00 bits per heavy atom. The van der Waals surface area contributed by atoms with E-state index in [0.29, 0.717) is 23.4 Å². The summed E-state index contributed by atoms with van der Waals surface area (Å²) in [5.74, 6) is 1.21. The average molecular weight is 440 g/mol. The van der Waals surface area contributed by atoms with Crippen molar-refractivity contribution in [3.05, 3.63) is 23.9 Å². The fourth-order valence-corrected chi connectivity index (χ4v) is 6.23. The normalized spacial score (nSPS) is 28.2. The molecule has 7 rings (SSSR count). The molecule has 2 aromatic rings. The summed E-state index contributed by atoms with van der Waals surface area (Å²) in [7, 11) is 0. The second kappa shape index (κ2) is 7.74. The van der Waals surface area contributed by atoms with E-state index in [1.807, 2.05) is 11.0 Å². The third kappa shape index (κ3) is 3.69. The van der Waals surface area contributed by atoms with Crippen molar-refractivity contribution >= 4 is 39.1 Å². The van der Waals surface area contributed by atoms with E-state index in [0.717, 1.165) is 61.3 Å². The van der Waals surface area contributed by atoms with E-state index in [2.05, 4.69) is 31.6 Å². The molecule has 31 heavy (non-hydrogen) atoms. The van der Waals surface area contributed by atoms with Gasteiger partial charge in [0.2, 0.25) is 5.91 Å². The Balaban J connectivity index is 1.13. The Hall–Kier alpha value is -2.19. The van der Waals surface area contributed by atoms with Gasteiger partial charge in [0.25, 0.3) is 5.91 Å². The van der Waals surface area contributed by atoms with Gasteiger partial charge in [0.05, 0.1) is 4.70 Å². The maximum atomic E-state index is 13.0. The molecule has 1 saturated carbocycles. The SMILES string of the molecule is O=C(N[C@H]1CN2CCC1CC2)c1nsc2cc(N3CCN(C(=O)C4CC4)CC3)ccc12.